The molecule has 0 bridgehead atoms. The highest BCUT2D eigenvalue weighted by molar-refractivity contribution is 7.13. The quantitative estimate of drug-likeness (QED) is 0.397. The number of imidazole rings is 1. The molecule has 164 valence electrons. The first-order valence-electron chi connectivity index (χ1n) is 10.8. The van der Waals surface area contributed by atoms with Crippen LogP contribution in [0.4, 0.5) is 0 Å². The molecule has 0 radical (unpaired) electrons. The van der Waals surface area contributed by atoms with E-state index < -0.39 is 6.10 Å². The molecule has 0 aliphatic carbocycles. The van der Waals surface area contributed by atoms with Crippen LogP contribution >= 0.6 is 11.3 Å². The fourth-order valence-electron chi connectivity index (χ4n) is 3.59. The van der Waals surface area contributed by atoms with Gasteiger partial charge in [-0.2, -0.15) is 5.10 Å². The predicted molar refractivity (Wildman–Crippen MR) is 124 cm³/mol. The molecular weight excluding hydrogens is 408 g/mol. The van der Waals surface area contributed by atoms with Crippen molar-refractivity contribution in [2.75, 3.05) is 13.1 Å². The molecule has 0 saturated carbocycles. The Kier molecular flexibility index (Phi) is 6.80. The Balaban J connectivity index is 1.49. The van der Waals surface area contributed by atoms with Crippen molar-refractivity contribution in [1.82, 2.24) is 29.5 Å². The number of pyridine rings is 1. The van der Waals surface area contributed by atoms with Crippen LogP contribution in [-0.4, -0.2) is 48.4 Å². The average Bonchev–Trinajstić information content (AvgIpc) is 3.46. The first-order chi connectivity index (χ1) is 15.0. The van der Waals surface area contributed by atoms with Crippen LogP contribution in [0.2, 0.25) is 0 Å². The highest BCUT2D eigenvalue weighted by Gasteiger charge is 2.15. The maximum Gasteiger partial charge on any atom is 0.155 e. The minimum atomic E-state index is -0.473. The van der Waals surface area contributed by atoms with Gasteiger partial charge in [-0.3, -0.25) is 0 Å². The van der Waals surface area contributed by atoms with E-state index in [0.717, 1.165) is 40.1 Å². The van der Waals surface area contributed by atoms with Crippen molar-refractivity contribution in [3.8, 4) is 10.6 Å². The smallest absolute Gasteiger partial charge is 0.155 e. The second-order valence-electron chi connectivity index (χ2n) is 8.34. The second kappa shape index (κ2) is 9.72. The van der Waals surface area contributed by atoms with Gasteiger partial charge in [0.25, 0.3) is 0 Å². The second-order valence-corrected chi connectivity index (χ2v) is 9.29. The van der Waals surface area contributed by atoms with Crippen molar-refractivity contribution in [2.45, 2.75) is 46.3 Å². The summed E-state index contributed by atoms with van der Waals surface area (Å²) in [5.74, 6) is 2.31. The number of thiophene rings is 1. The van der Waals surface area contributed by atoms with Crippen molar-refractivity contribution in [1.29, 1.82) is 0 Å². The molecular formula is C23H30N6OS. The number of nitrogens with one attached hydrogen (secondary N) is 1. The molecule has 0 spiro atoms. The molecule has 4 aromatic rings. The monoisotopic (exact) mass is 438 g/mol. The van der Waals surface area contributed by atoms with Crippen LogP contribution < -0.4 is 5.32 Å². The van der Waals surface area contributed by atoms with Gasteiger partial charge in [0.05, 0.1) is 23.2 Å². The van der Waals surface area contributed by atoms with Crippen molar-refractivity contribution < 1.29 is 5.11 Å². The van der Waals surface area contributed by atoms with Gasteiger partial charge in [-0.25, -0.2) is 14.5 Å². The Morgan fingerprint density at radius 2 is 1.97 bits per heavy atom. The number of hydrogen-bond donors (Lipinski definition) is 2. The molecule has 4 heterocycles. The fourth-order valence-corrected chi connectivity index (χ4v) is 4.27. The predicted octanol–water partition coefficient (Wildman–Crippen LogP) is 3.35. The lowest BCUT2D eigenvalue weighted by molar-refractivity contribution is 0.149. The lowest BCUT2D eigenvalue weighted by atomic mass is 10.2. The van der Waals surface area contributed by atoms with E-state index in [9.17, 15) is 5.11 Å². The van der Waals surface area contributed by atoms with Gasteiger partial charge < -0.3 is 15.0 Å². The van der Waals surface area contributed by atoms with Crippen LogP contribution in [0, 0.1) is 12.8 Å². The average molecular weight is 439 g/mol. The van der Waals surface area contributed by atoms with Gasteiger partial charge >= 0.3 is 0 Å². The Bertz CT molecular complexity index is 1110. The third-order valence-electron chi connectivity index (χ3n) is 5.14. The third-order valence-corrected chi connectivity index (χ3v) is 6.03. The number of nitrogens with zero attached hydrogens (tertiary/aromatic N) is 5. The molecule has 4 aromatic heterocycles. The number of rotatable bonds is 10. The lowest BCUT2D eigenvalue weighted by Crippen LogP contribution is -2.32. The Labute approximate surface area is 186 Å². The Morgan fingerprint density at radius 1 is 1.10 bits per heavy atom. The Morgan fingerprint density at radius 3 is 2.71 bits per heavy atom. The zero-order valence-corrected chi connectivity index (χ0v) is 19.1. The normalized spacial score (nSPS) is 12.8. The van der Waals surface area contributed by atoms with Gasteiger partial charge in [0.1, 0.15) is 5.82 Å². The minimum Gasteiger partial charge on any atom is -0.390 e. The van der Waals surface area contributed by atoms with Gasteiger partial charge in [0.15, 0.2) is 11.5 Å². The SMILES string of the molecule is Cc1cccc2nc(CCc3nc(-c4cccs4)cn3CC(O)CNCC(C)C)nn12. The van der Waals surface area contributed by atoms with Gasteiger partial charge in [-0.05, 0) is 43.0 Å². The highest BCUT2D eigenvalue weighted by Crippen LogP contribution is 2.24. The van der Waals surface area contributed by atoms with E-state index in [4.69, 9.17) is 4.98 Å². The summed E-state index contributed by atoms with van der Waals surface area (Å²) in [6, 6.07) is 10.1. The van der Waals surface area contributed by atoms with Crippen LogP contribution in [0.1, 0.15) is 31.2 Å². The van der Waals surface area contributed by atoms with Crippen LogP contribution in [0.3, 0.4) is 0 Å². The topological polar surface area (TPSA) is 80.3 Å². The molecule has 1 unspecified atom stereocenters. The standard InChI is InChI=1S/C23H30N6OS/c1-16(2)12-24-13-18(30)14-28-15-19(20-7-5-11-31-20)25-22(28)10-9-21-26-23-8-4-6-17(3)29(23)27-21/h4-8,11,15-16,18,24,30H,9-10,12-14H2,1-3H3. The van der Waals surface area contributed by atoms with Crippen molar-refractivity contribution in [3.63, 3.8) is 0 Å². The van der Waals surface area contributed by atoms with E-state index in [0.29, 0.717) is 31.8 Å². The number of aliphatic hydroxyl groups excluding tert-OH is 1. The molecule has 0 aliphatic rings. The van der Waals surface area contributed by atoms with Crippen molar-refractivity contribution in [2.24, 2.45) is 5.92 Å². The summed E-state index contributed by atoms with van der Waals surface area (Å²) in [6.45, 7) is 8.33. The van der Waals surface area contributed by atoms with Gasteiger partial charge in [-0.1, -0.05) is 26.0 Å². The molecule has 0 fully saturated rings. The summed E-state index contributed by atoms with van der Waals surface area (Å²) in [5.41, 5.74) is 2.88. The van der Waals surface area contributed by atoms with Crippen molar-refractivity contribution in [3.05, 3.63) is 59.3 Å². The maximum atomic E-state index is 10.6. The first kappa shape index (κ1) is 21.7. The molecule has 0 saturated heterocycles. The van der Waals surface area contributed by atoms with E-state index >= 15 is 0 Å². The largest absolute Gasteiger partial charge is 0.390 e. The van der Waals surface area contributed by atoms with E-state index in [1.54, 1.807) is 11.3 Å². The summed E-state index contributed by atoms with van der Waals surface area (Å²) in [5, 5.41) is 20.6. The summed E-state index contributed by atoms with van der Waals surface area (Å²) in [6.07, 6.45) is 2.99. The molecule has 2 N–H and O–H groups in total. The number of aryl methyl sites for hydroxylation is 3. The highest BCUT2D eigenvalue weighted by atomic mass is 32.1. The molecule has 0 aliphatic heterocycles. The van der Waals surface area contributed by atoms with E-state index in [2.05, 4.69) is 45.3 Å². The van der Waals surface area contributed by atoms with Gasteiger partial charge in [0.2, 0.25) is 0 Å². The van der Waals surface area contributed by atoms with Crippen LogP contribution in [0.25, 0.3) is 16.2 Å². The Hall–Kier alpha value is -2.55. The number of aliphatic hydroxyl groups is 1. The molecule has 31 heavy (non-hydrogen) atoms. The molecule has 4 rings (SSSR count). The minimum absolute atomic E-state index is 0.473. The zero-order valence-electron chi connectivity index (χ0n) is 18.3. The van der Waals surface area contributed by atoms with Crippen LogP contribution in [-0.2, 0) is 19.4 Å². The summed E-state index contributed by atoms with van der Waals surface area (Å²) < 4.78 is 3.96. The third kappa shape index (κ3) is 5.39. The summed E-state index contributed by atoms with van der Waals surface area (Å²) in [4.78, 5) is 10.7. The lowest BCUT2D eigenvalue weighted by Gasteiger charge is -2.15. The van der Waals surface area contributed by atoms with Crippen LogP contribution in [0.5, 0.6) is 0 Å². The maximum absolute atomic E-state index is 10.6. The molecule has 7 nitrogen and oxygen atoms in total. The fraction of sp³-hybridized carbons (Fsp3) is 0.435. The zero-order chi connectivity index (χ0) is 21.8. The van der Waals surface area contributed by atoms with Gasteiger partial charge in [0, 0.05) is 31.3 Å². The van der Waals surface area contributed by atoms with Gasteiger partial charge in [-0.15, -0.1) is 11.3 Å². The van der Waals surface area contributed by atoms with Crippen molar-refractivity contribution >= 4 is 17.0 Å². The summed E-state index contributed by atoms with van der Waals surface area (Å²) in [7, 11) is 0. The molecule has 1 atom stereocenters. The molecule has 0 amide bonds. The summed E-state index contributed by atoms with van der Waals surface area (Å²) >= 11 is 1.67. The number of hydrogen-bond acceptors (Lipinski definition) is 6. The molecule has 8 heteroatoms. The number of aromatic nitrogens is 5. The van der Waals surface area contributed by atoms with E-state index in [1.165, 1.54) is 0 Å². The molecule has 0 aromatic carbocycles. The van der Waals surface area contributed by atoms with E-state index in [-0.39, 0.29) is 0 Å². The number of fused-ring (bicyclic) bond motifs is 1. The first-order valence-corrected chi connectivity index (χ1v) is 11.7. The van der Waals surface area contributed by atoms with E-state index in [1.807, 2.05) is 41.9 Å². The van der Waals surface area contributed by atoms with Crippen LogP contribution in [0.15, 0.2) is 41.9 Å².